The largest absolute Gasteiger partial charge is 0.480 e. The maximum Gasteiger partial charge on any atom is 0.326 e. The van der Waals surface area contributed by atoms with Crippen molar-refractivity contribution in [1.29, 1.82) is 0 Å². The van der Waals surface area contributed by atoms with Gasteiger partial charge in [-0.1, -0.05) is 6.92 Å². The molecule has 0 spiro atoms. The van der Waals surface area contributed by atoms with E-state index in [1.807, 2.05) is 23.8 Å². The molecule has 1 aromatic heterocycles. The van der Waals surface area contributed by atoms with Crippen LogP contribution in [0.1, 0.15) is 25.8 Å². The van der Waals surface area contributed by atoms with Crippen LogP contribution in [0.25, 0.3) is 0 Å². The topological polar surface area (TPSA) is 78.4 Å². The zero-order valence-electron chi connectivity index (χ0n) is 10.5. The van der Waals surface area contributed by atoms with Crippen LogP contribution in [0.15, 0.2) is 16.8 Å². The van der Waals surface area contributed by atoms with Crippen molar-refractivity contribution >= 4 is 23.3 Å². The van der Waals surface area contributed by atoms with Gasteiger partial charge in [0.15, 0.2) is 0 Å². The van der Waals surface area contributed by atoms with E-state index < -0.39 is 18.0 Å². The lowest BCUT2D eigenvalue weighted by molar-refractivity contribution is -0.139. The summed E-state index contributed by atoms with van der Waals surface area (Å²) in [6.45, 7) is 3.60. The van der Waals surface area contributed by atoms with E-state index in [-0.39, 0.29) is 6.04 Å². The molecule has 18 heavy (non-hydrogen) atoms. The minimum Gasteiger partial charge on any atom is -0.480 e. The Labute approximate surface area is 110 Å². The molecule has 0 saturated carbocycles. The lowest BCUT2D eigenvalue weighted by Gasteiger charge is -2.17. The molecule has 3 N–H and O–H groups in total. The van der Waals surface area contributed by atoms with E-state index in [2.05, 4.69) is 10.6 Å². The number of thiophene rings is 1. The zero-order valence-corrected chi connectivity index (χ0v) is 11.3. The number of nitrogens with one attached hydrogen (secondary N) is 2. The van der Waals surface area contributed by atoms with Crippen LogP contribution in [0.5, 0.6) is 0 Å². The standard InChI is InChI=1S/C12H18N2O3S/c1-3-10(11(15)16)14-12(17)13-8(2)6-9-4-5-18-7-9/h4-5,7-8,10H,3,6H2,1-2H3,(H,15,16)(H2,13,14,17)/t8?,10-/m1/s1. The molecule has 0 saturated heterocycles. The quantitative estimate of drug-likeness (QED) is 0.738. The number of hydrogen-bond donors (Lipinski definition) is 3. The summed E-state index contributed by atoms with van der Waals surface area (Å²) in [5, 5.41) is 18.0. The SMILES string of the molecule is CC[C@@H](NC(=O)NC(C)Cc1ccsc1)C(=O)O. The average Bonchev–Trinajstić information content (AvgIpc) is 2.77. The molecule has 0 aliphatic carbocycles. The summed E-state index contributed by atoms with van der Waals surface area (Å²) in [4.78, 5) is 22.3. The van der Waals surface area contributed by atoms with Crippen molar-refractivity contribution in [2.45, 2.75) is 38.8 Å². The third-order valence-electron chi connectivity index (χ3n) is 2.51. The molecule has 0 aliphatic heterocycles. The van der Waals surface area contributed by atoms with E-state index in [4.69, 9.17) is 5.11 Å². The molecule has 1 aromatic rings. The fourth-order valence-electron chi connectivity index (χ4n) is 1.58. The number of carbonyl (C=O) groups excluding carboxylic acids is 1. The van der Waals surface area contributed by atoms with Crippen molar-refractivity contribution in [3.8, 4) is 0 Å². The predicted octanol–water partition coefficient (Wildman–Crippen LogP) is 1.84. The second-order valence-corrected chi connectivity index (χ2v) is 4.93. The molecule has 0 radical (unpaired) electrons. The number of carboxylic acid groups (broad SMARTS) is 1. The monoisotopic (exact) mass is 270 g/mol. The van der Waals surface area contributed by atoms with Crippen molar-refractivity contribution in [1.82, 2.24) is 10.6 Å². The smallest absolute Gasteiger partial charge is 0.326 e. The molecule has 2 atom stereocenters. The van der Waals surface area contributed by atoms with Crippen molar-refractivity contribution in [2.24, 2.45) is 0 Å². The number of hydrogen-bond acceptors (Lipinski definition) is 3. The van der Waals surface area contributed by atoms with Crippen LogP contribution in [-0.2, 0) is 11.2 Å². The molecule has 0 fully saturated rings. The highest BCUT2D eigenvalue weighted by Crippen LogP contribution is 2.08. The summed E-state index contributed by atoms with van der Waals surface area (Å²) in [6, 6.07) is 0.698. The second-order valence-electron chi connectivity index (χ2n) is 4.15. The zero-order chi connectivity index (χ0) is 13.5. The summed E-state index contributed by atoms with van der Waals surface area (Å²) < 4.78 is 0. The van der Waals surface area contributed by atoms with E-state index in [0.717, 1.165) is 12.0 Å². The molecule has 0 aliphatic rings. The summed E-state index contributed by atoms with van der Waals surface area (Å²) >= 11 is 1.61. The molecule has 0 bridgehead atoms. The van der Waals surface area contributed by atoms with Crippen LogP contribution in [0.4, 0.5) is 4.79 Å². The number of carboxylic acids is 1. The fourth-order valence-corrected chi connectivity index (χ4v) is 2.26. The maximum atomic E-state index is 11.6. The predicted molar refractivity (Wildman–Crippen MR) is 70.9 cm³/mol. The van der Waals surface area contributed by atoms with Gasteiger partial charge in [-0.05, 0) is 42.2 Å². The highest BCUT2D eigenvalue weighted by molar-refractivity contribution is 7.07. The van der Waals surface area contributed by atoms with E-state index in [0.29, 0.717) is 6.42 Å². The summed E-state index contributed by atoms with van der Waals surface area (Å²) in [5.41, 5.74) is 1.16. The Hall–Kier alpha value is -1.56. The highest BCUT2D eigenvalue weighted by atomic mass is 32.1. The number of urea groups is 1. The van der Waals surface area contributed by atoms with Crippen LogP contribution in [0.2, 0.25) is 0 Å². The molecule has 1 heterocycles. The lowest BCUT2D eigenvalue weighted by atomic mass is 10.1. The Kier molecular flexibility index (Phi) is 5.64. The van der Waals surface area contributed by atoms with Gasteiger partial charge in [0, 0.05) is 6.04 Å². The number of aliphatic carboxylic acids is 1. The van der Waals surface area contributed by atoms with Gasteiger partial charge in [0.1, 0.15) is 6.04 Å². The van der Waals surface area contributed by atoms with E-state index >= 15 is 0 Å². The molecule has 6 heteroatoms. The number of amides is 2. The molecule has 0 aromatic carbocycles. The molecular formula is C12H18N2O3S. The van der Waals surface area contributed by atoms with Crippen LogP contribution in [0.3, 0.4) is 0 Å². The molecule has 2 amide bonds. The summed E-state index contributed by atoms with van der Waals surface area (Å²) in [5.74, 6) is -1.02. The first-order valence-corrected chi connectivity index (χ1v) is 6.78. The van der Waals surface area contributed by atoms with Crippen molar-refractivity contribution in [3.05, 3.63) is 22.4 Å². The van der Waals surface area contributed by atoms with Crippen molar-refractivity contribution in [3.63, 3.8) is 0 Å². The fraction of sp³-hybridized carbons (Fsp3) is 0.500. The molecule has 1 rings (SSSR count). The Morgan fingerprint density at radius 2 is 2.17 bits per heavy atom. The van der Waals surface area contributed by atoms with Gasteiger partial charge in [0.05, 0.1) is 0 Å². The Morgan fingerprint density at radius 3 is 2.67 bits per heavy atom. The van der Waals surface area contributed by atoms with Gasteiger partial charge >= 0.3 is 12.0 Å². The summed E-state index contributed by atoms with van der Waals surface area (Å²) in [7, 11) is 0. The van der Waals surface area contributed by atoms with Crippen LogP contribution in [0, 0.1) is 0 Å². The second kappa shape index (κ2) is 7.00. The Bertz CT molecular complexity index is 392. The molecule has 100 valence electrons. The third kappa shape index (κ3) is 4.75. The first-order chi connectivity index (χ1) is 8.52. The minimum absolute atomic E-state index is 0.0362. The number of rotatable bonds is 6. The Balaban J connectivity index is 2.37. The van der Waals surface area contributed by atoms with Crippen LogP contribution < -0.4 is 10.6 Å². The Morgan fingerprint density at radius 1 is 1.44 bits per heavy atom. The van der Waals surface area contributed by atoms with Crippen LogP contribution in [-0.4, -0.2) is 29.2 Å². The van der Waals surface area contributed by atoms with Crippen molar-refractivity contribution in [2.75, 3.05) is 0 Å². The lowest BCUT2D eigenvalue weighted by Crippen LogP contribution is -2.48. The number of carbonyl (C=O) groups is 2. The van der Waals surface area contributed by atoms with Gasteiger partial charge in [-0.15, -0.1) is 0 Å². The van der Waals surface area contributed by atoms with Crippen molar-refractivity contribution < 1.29 is 14.7 Å². The first-order valence-electron chi connectivity index (χ1n) is 5.83. The van der Waals surface area contributed by atoms with Crippen LogP contribution >= 0.6 is 11.3 Å². The maximum absolute atomic E-state index is 11.6. The normalized spacial score (nSPS) is 13.7. The first kappa shape index (κ1) is 14.5. The van der Waals surface area contributed by atoms with E-state index in [1.165, 1.54) is 0 Å². The van der Waals surface area contributed by atoms with Gasteiger partial charge in [-0.2, -0.15) is 11.3 Å². The van der Waals surface area contributed by atoms with Gasteiger partial charge in [0.2, 0.25) is 0 Å². The van der Waals surface area contributed by atoms with E-state index in [1.54, 1.807) is 18.3 Å². The summed E-state index contributed by atoms with van der Waals surface area (Å²) in [6.07, 6.45) is 1.10. The minimum atomic E-state index is -1.02. The highest BCUT2D eigenvalue weighted by Gasteiger charge is 2.18. The van der Waals surface area contributed by atoms with E-state index in [9.17, 15) is 9.59 Å². The third-order valence-corrected chi connectivity index (χ3v) is 3.24. The van der Waals surface area contributed by atoms with Gasteiger partial charge in [-0.3, -0.25) is 0 Å². The molecule has 5 nitrogen and oxygen atoms in total. The van der Waals surface area contributed by atoms with Gasteiger partial charge in [0.25, 0.3) is 0 Å². The molecular weight excluding hydrogens is 252 g/mol. The average molecular weight is 270 g/mol. The molecule has 1 unspecified atom stereocenters. The van der Waals surface area contributed by atoms with Gasteiger partial charge < -0.3 is 15.7 Å². The van der Waals surface area contributed by atoms with Gasteiger partial charge in [-0.25, -0.2) is 9.59 Å².